The highest BCUT2D eigenvalue weighted by Crippen LogP contribution is 2.18. The second-order valence-corrected chi connectivity index (χ2v) is 6.15. The van der Waals surface area contributed by atoms with Gasteiger partial charge in [-0.25, -0.2) is 0 Å². The Kier molecular flexibility index (Phi) is 6.09. The van der Waals surface area contributed by atoms with Gasteiger partial charge in [0.25, 0.3) is 11.5 Å². The molecule has 2 aromatic rings. The number of hydrogen-bond donors (Lipinski definition) is 0. The number of carbonyl (C=O) groups is 2. The van der Waals surface area contributed by atoms with Crippen molar-refractivity contribution in [1.82, 2.24) is 9.47 Å². The minimum Gasteiger partial charge on any atom is -0.341 e. The van der Waals surface area contributed by atoms with Crippen LogP contribution < -0.4 is 5.56 Å². The molecule has 2 rings (SSSR count). The van der Waals surface area contributed by atoms with Gasteiger partial charge in [0, 0.05) is 35.4 Å². The number of hydrogen-bond acceptors (Lipinski definition) is 3. The van der Waals surface area contributed by atoms with E-state index in [1.807, 2.05) is 13.8 Å². The summed E-state index contributed by atoms with van der Waals surface area (Å²) < 4.78 is 2.04. The Hall–Kier alpha value is -2.21. The molecule has 1 atom stereocenters. The van der Waals surface area contributed by atoms with Crippen LogP contribution in [0, 0.1) is 0 Å². The van der Waals surface area contributed by atoms with Gasteiger partial charge in [-0.1, -0.05) is 34.1 Å². The Morgan fingerprint density at radius 1 is 1.08 bits per heavy atom. The van der Waals surface area contributed by atoms with Crippen LogP contribution in [0.2, 0.25) is 0 Å². The van der Waals surface area contributed by atoms with Crippen molar-refractivity contribution in [2.45, 2.75) is 19.9 Å². The van der Waals surface area contributed by atoms with Crippen LogP contribution in [-0.2, 0) is 4.79 Å². The number of likely N-dealkylation sites (N-methyl/N-ethyl adjacent to an activating group) is 1. The van der Waals surface area contributed by atoms with E-state index in [1.54, 1.807) is 41.3 Å². The van der Waals surface area contributed by atoms with Gasteiger partial charge < -0.3 is 4.90 Å². The van der Waals surface area contributed by atoms with E-state index in [0.29, 0.717) is 18.7 Å². The van der Waals surface area contributed by atoms with Crippen molar-refractivity contribution in [2.24, 2.45) is 0 Å². The molecule has 0 saturated heterocycles. The van der Waals surface area contributed by atoms with Gasteiger partial charge in [0.15, 0.2) is 11.8 Å². The SMILES string of the molecule is CCN(CC)C(=O)C(C(=O)c1ccc(Br)cc1)n1ccccc1=O. The van der Waals surface area contributed by atoms with E-state index in [9.17, 15) is 14.4 Å². The maximum absolute atomic E-state index is 13.0. The Bertz CT molecular complexity index is 779. The predicted octanol–water partition coefficient (Wildman–Crippen LogP) is 2.90. The first kappa shape index (κ1) is 18.1. The van der Waals surface area contributed by atoms with Gasteiger partial charge in [-0.05, 0) is 32.0 Å². The molecule has 1 unspecified atom stereocenters. The maximum atomic E-state index is 13.0. The smallest absolute Gasteiger partial charge is 0.253 e. The van der Waals surface area contributed by atoms with Gasteiger partial charge in [0.2, 0.25) is 0 Å². The summed E-state index contributed by atoms with van der Waals surface area (Å²) in [5.74, 6) is -0.770. The molecular formula is C18H19BrN2O3. The minimum atomic E-state index is -1.19. The Morgan fingerprint density at radius 2 is 1.71 bits per heavy atom. The number of benzene rings is 1. The van der Waals surface area contributed by atoms with Gasteiger partial charge >= 0.3 is 0 Å². The molecule has 0 spiro atoms. The lowest BCUT2D eigenvalue weighted by Gasteiger charge is -2.25. The fourth-order valence-electron chi connectivity index (χ4n) is 2.49. The van der Waals surface area contributed by atoms with Gasteiger partial charge in [0.05, 0.1) is 0 Å². The molecule has 1 aromatic heterocycles. The highest BCUT2D eigenvalue weighted by Gasteiger charge is 2.32. The van der Waals surface area contributed by atoms with E-state index < -0.39 is 11.8 Å². The molecule has 126 valence electrons. The van der Waals surface area contributed by atoms with Crippen LogP contribution in [0.1, 0.15) is 30.2 Å². The van der Waals surface area contributed by atoms with Gasteiger partial charge in [-0.15, -0.1) is 0 Å². The third-order valence-corrected chi connectivity index (χ3v) is 4.34. The second-order valence-electron chi connectivity index (χ2n) is 5.23. The fourth-order valence-corrected chi connectivity index (χ4v) is 2.76. The third-order valence-electron chi connectivity index (χ3n) is 3.82. The maximum Gasteiger partial charge on any atom is 0.253 e. The van der Waals surface area contributed by atoms with Crippen LogP contribution >= 0.6 is 15.9 Å². The monoisotopic (exact) mass is 390 g/mol. The van der Waals surface area contributed by atoms with Gasteiger partial charge in [-0.2, -0.15) is 0 Å². The molecule has 0 aliphatic rings. The summed E-state index contributed by atoms with van der Waals surface area (Å²) in [5, 5.41) is 0. The summed E-state index contributed by atoms with van der Waals surface area (Å²) >= 11 is 3.32. The van der Waals surface area contributed by atoms with E-state index in [1.165, 1.54) is 16.8 Å². The molecule has 0 fully saturated rings. The van der Waals surface area contributed by atoms with Crippen molar-refractivity contribution in [1.29, 1.82) is 0 Å². The first-order chi connectivity index (χ1) is 11.5. The summed E-state index contributed by atoms with van der Waals surface area (Å²) in [6.45, 7) is 4.63. The standard InChI is InChI=1S/C18H19BrN2O3/c1-3-20(4-2)18(24)16(21-12-6-5-7-15(21)22)17(23)13-8-10-14(19)11-9-13/h5-12,16H,3-4H2,1-2H3. The average Bonchev–Trinajstić information content (AvgIpc) is 2.58. The Labute approximate surface area is 149 Å². The highest BCUT2D eigenvalue weighted by atomic mass is 79.9. The molecule has 24 heavy (non-hydrogen) atoms. The number of nitrogens with zero attached hydrogens (tertiary/aromatic N) is 2. The van der Waals surface area contributed by atoms with Crippen LogP contribution in [0.4, 0.5) is 0 Å². The zero-order valence-electron chi connectivity index (χ0n) is 13.6. The first-order valence-electron chi connectivity index (χ1n) is 7.75. The number of rotatable bonds is 6. The Balaban J connectivity index is 2.52. The zero-order valence-corrected chi connectivity index (χ0v) is 15.2. The molecule has 0 bridgehead atoms. The van der Waals surface area contributed by atoms with Crippen molar-refractivity contribution < 1.29 is 9.59 Å². The van der Waals surface area contributed by atoms with Crippen molar-refractivity contribution in [2.75, 3.05) is 13.1 Å². The average molecular weight is 391 g/mol. The topological polar surface area (TPSA) is 59.4 Å². The molecule has 0 radical (unpaired) electrons. The lowest BCUT2D eigenvalue weighted by Crippen LogP contribution is -2.43. The number of carbonyl (C=O) groups excluding carboxylic acids is 2. The summed E-state index contributed by atoms with van der Waals surface area (Å²) in [6, 6.07) is 10.1. The lowest BCUT2D eigenvalue weighted by molar-refractivity contribution is -0.133. The number of pyridine rings is 1. The lowest BCUT2D eigenvalue weighted by atomic mass is 10.0. The van der Waals surface area contributed by atoms with Gasteiger partial charge in [-0.3, -0.25) is 19.0 Å². The molecule has 5 nitrogen and oxygen atoms in total. The number of halogens is 1. The summed E-state index contributed by atoms with van der Waals surface area (Å²) in [7, 11) is 0. The third kappa shape index (κ3) is 3.82. The van der Waals surface area contributed by atoms with Crippen LogP contribution in [-0.4, -0.2) is 34.2 Å². The number of ketones is 1. The van der Waals surface area contributed by atoms with Crippen molar-refractivity contribution in [3.8, 4) is 0 Å². The van der Waals surface area contributed by atoms with Crippen LogP contribution in [0.25, 0.3) is 0 Å². The van der Waals surface area contributed by atoms with E-state index in [0.717, 1.165) is 4.47 Å². The van der Waals surface area contributed by atoms with Crippen molar-refractivity contribution >= 4 is 27.6 Å². The molecule has 0 aliphatic heterocycles. The number of Topliss-reactive ketones (excluding diaryl/α,β-unsaturated/α-hetero) is 1. The number of amides is 1. The summed E-state index contributed by atoms with van der Waals surface area (Å²) in [6.07, 6.45) is 1.48. The molecule has 1 aromatic carbocycles. The Morgan fingerprint density at radius 3 is 2.25 bits per heavy atom. The van der Waals surface area contributed by atoms with Crippen molar-refractivity contribution in [3.05, 3.63) is 69.1 Å². The highest BCUT2D eigenvalue weighted by molar-refractivity contribution is 9.10. The molecule has 1 amide bonds. The van der Waals surface area contributed by atoms with E-state index >= 15 is 0 Å². The summed E-state index contributed by atoms with van der Waals surface area (Å²) in [4.78, 5) is 39.6. The van der Waals surface area contributed by atoms with Crippen LogP contribution in [0.15, 0.2) is 57.9 Å². The molecule has 0 aliphatic carbocycles. The fraction of sp³-hybridized carbons (Fsp3) is 0.278. The van der Waals surface area contributed by atoms with Crippen LogP contribution in [0.5, 0.6) is 0 Å². The zero-order chi connectivity index (χ0) is 17.7. The molecule has 0 saturated carbocycles. The van der Waals surface area contributed by atoms with Crippen molar-refractivity contribution in [3.63, 3.8) is 0 Å². The molecule has 1 heterocycles. The van der Waals surface area contributed by atoms with E-state index in [4.69, 9.17) is 0 Å². The molecule has 0 N–H and O–H groups in total. The molecule has 6 heteroatoms. The minimum absolute atomic E-state index is 0.374. The second kappa shape index (κ2) is 8.06. The number of aromatic nitrogens is 1. The normalized spacial score (nSPS) is 11.8. The largest absolute Gasteiger partial charge is 0.341 e. The predicted molar refractivity (Wildman–Crippen MR) is 96.1 cm³/mol. The first-order valence-corrected chi connectivity index (χ1v) is 8.54. The van der Waals surface area contributed by atoms with Crippen LogP contribution in [0.3, 0.4) is 0 Å². The van der Waals surface area contributed by atoms with E-state index in [-0.39, 0.29) is 11.5 Å². The molecular weight excluding hydrogens is 372 g/mol. The summed E-state index contributed by atoms with van der Waals surface area (Å²) in [5.41, 5.74) is 0.00734. The van der Waals surface area contributed by atoms with E-state index in [2.05, 4.69) is 15.9 Å². The quantitative estimate of drug-likeness (QED) is 0.562. The van der Waals surface area contributed by atoms with Gasteiger partial charge in [0.1, 0.15) is 0 Å².